The molecule has 0 amide bonds. The molecule has 1 aromatic rings. The molecule has 0 spiro atoms. The minimum Gasteiger partial charge on any atom is -0.419 e. The maximum absolute atomic E-state index is 11.4. The molecule has 95 valence electrons. The minimum atomic E-state index is -0.697. The molecule has 0 aliphatic heterocycles. The Labute approximate surface area is 104 Å². The van der Waals surface area contributed by atoms with Gasteiger partial charge >= 0.3 is 11.7 Å². The number of nitrogens with zero attached hydrogens (tertiary/aromatic N) is 1. The number of hydrogen-bond acceptors (Lipinski definition) is 5. The number of nitro groups is 1. The lowest BCUT2D eigenvalue weighted by Gasteiger charge is -2.04. The lowest BCUT2D eigenvalue weighted by Crippen LogP contribution is -2.09. The second kappa shape index (κ2) is 6.48. The summed E-state index contributed by atoms with van der Waals surface area (Å²) in [4.78, 5) is 32.0. The van der Waals surface area contributed by atoms with Crippen molar-refractivity contribution in [2.45, 2.75) is 19.3 Å². The first kappa shape index (κ1) is 13.8. The first-order chi connectivity index (χ1) is 8.58. The zero-order valence-corrected chi connectivity index (χ0v) is 9.63. The van der Waals surface area contributed by atoms with Crippen LogP contribution < -0.4 is 4.74 Å². The van der Waals surface area contributed by atoms with Crippen LogP contribution >= 0.6 is 0 Å². The van der Waals surface area contributed by atoms with E-state index in [1.54, 1.807) is 0 Å². The van der Waals surface area contributed by atoms with E-state index in [0.29, 0.717) is 19.1 Å². The second-order valence-corrected chi connectivity index (χ2v) is 3.53. The number of aldehydes is 1. The van der Waals surface area contributed by atoms with E-state index in [1.165, 1.54) is 12.1 Å². The number of rotatable bonds is 6. The summed E-state index contributed by atoms with van der Waals surface area (Å²) in [5, 5.41) is 10.8. The molecule has 6 nitrogen and oxygen atoms in total. The fraction of sp³-hybridized carbons (Fsp3) is 0.250. The second-order valence-electron chi connectivity index (χ2n) is 3.53. The predicted molar refractivity (Wildman–Crippen MR) is 63.3 cm³/mol. The molecule has 0 bridgehead atoms. The van der Waals surface area contributed by atoms with Crippen LogP contribution in [0.5, 0.6) is 5.75 Å². The molecule has 0 fully saturated rings. The number of hydrogen-bond donors (Lipinski definition) is 0. The molecule has 0 aliphatic carbocycles. The third-order valence-corrected chi connectivity index (χ3v) is 2.17. The summed E-state index contributed by atoms with van der Waals surface area (Å²) in [6.07, 6.45) is 1.78. The number of benzene rings is 1. The minimum absolute atomic E-state index is 0.149. The van der Waals surface area contributed by atoms with E-state index in [4.69, 9.17) is 4.74 Å². The molecule has 1 radical (unpaired) electrons. The zero-order chi connectivity index (χ0) is 13.5. The molecule has 0 saturated carbocycles. The summed E-state index contributed by atoms with van der Waals surface area (Å²) in [7, 11) is 0. The zero-order valence-electron chi connectivity index (χ0n) is 9.63. The highest BCUT2D eigenvalue weighted by molar-refractivity contribution is 5.79. The van der Waals surface area contributed by atoms with Crippen molar-refractivity contribution in [1.29, 1.82) is 0 Å². The van der Waals surface area contributed by atoms with E-state index in [9.17, 15) is 19.7 Å². The molecule has 18 heavy (non-hydrogen) atoms. The van der Waals surface area contributed by atoms with Gasteiger partial charge in [0.15, 0.2) is 0 Å². The first-order valence-corrected chi connectivity index (χ1v) is 5.32. The maximum Gasteiger partial charge on any atom is 0.312 e. The molecule has 0 N–H and O–H groups in total. The SMILES string of the molecule is [CH2]CCCC(=O)Oc1ccc(C=O)cc1[N+](=O)[O-]. The van der Waals surface area contributed by atoms with Gasteiger partial charge in [-0.2, -0.15) is 0 Å². The Hall–Kier alpha value is -2.24. The van der Waals surface area contributed by atoms with Gasteiger partial charge in [0.1, 0.15) is 6.29 Å². The molecular formula is C12H12NO5. The Morgan fingerprint density at radius 1 is 1.50 bits per heavy atom. The normalized spacial score (nSPS) is 9.83. The Balaban J connectivity index is 2.91. The van der Waals surface area contributed by atoms with Gasteiger partial charge in [-0.15, -0.1) is 0 Å². The van der Waals surface area contributed by atoms with Crippen LogP contribution in [0.2, 0.25) is 0 Å². The summed E-state index contributed by atoms with van der Waals surface area (Å²) >= 11 is 0. The molecule has 0 aromatic heterocycles. The highest BCUT2D eigenvalue weighted by atomic mass is 16.6. The van der Waals surface area contributed by atoms with Crippen LogP contribution in [-0.4, -0.2) is 17.2 Å². The molecule has 0 heterocycles. The summed E-state index contributed by atoms with van der Waals surface area (Å²) in [5.74, 6) is -0.708. The van der Waals surface area contributed by atoms with Crippen LogP contribution in [0, 0.1) is 17.0 Å². The first-order valence-electron chi connectivity index (χ1n) is 5.32. The van der Waals surface area contributed by atoms with Crippen molar-refractivity contribution in [2.24, 2.45) is 0 Å². The van der Waals surface area contributed by atoms with Gasteiger partial charge in [-0.1, -0.05) is 13.3 Å². The van der Waals surface area contributed by atoms with E-state index in [1.807, 2.05) is 0 Å². The van der Waals surface area contributed by atoms with Gasteiger partial charge in [0.2, 0.25) is 5.75 Å². The molecule has 0 aliphatic rings. The van der Waals surface area contributed by atoms with E-state index in [0.717, 1.165) is 6.07 Å². The average molecular weight is 250 g/mol. The number of esters is 1. The van der Waals surface area contributed by atoms with Crippen molar-refractivity contribution in [3.05, 3.63) is 40.8 Å². The van der Waals surface area contributed by atoms with Gasteiger partial charge in [-0.05, 0) is 18.6 Å². The number of carbonyl (C=O) groups is 2. The average Bonchev–Trinajstić information content (AvgIpc) is 2.36. The summed E-state index contributed by atoms with van der Waals surface area (Å²) in [5.41, 5.74) is -0.248. The molecule has 1 rings (SSSR count). The number of unbranched alkanes of at least 4 members (excludes halogenated alkanes) is 1. The molecule has 0 saturated heterocycles. The fourth-order valence-electron chi connectivity index (χ4n) is 1.28. The van der Waals surface area contributed by atoms with Gasteiger partial charge in [-0.25, -0.2) is 0 Å². The van der Waals surface area contributed by atoms with E-state index >= 15 is 0 Å². The van der Waals surface area contributed by atoms with Crippen molar-refractivity contribution in [1.82, 2.24) is 0 Å². The van der Waals surface area contributed by atoms with Crippen LogP contribution in [0.25, 0.3) is 0 Å². The fourth-order valence-corrected chi connectivity index (χ4v) is 1.28. The van der Waals surface area contributed by atoms with Crippen LogP contribution in [0.3, 0.4) is 0 Å². The van der Waals surface area contributed by atoms with Crippen LogP contribution in [0.4, 0.5) is 5.69 Å². The largest absolute Gasteiger partial charge is 0.419 e. The van der Waals surface area contributed by atoms with Crippen molar-refractivity contribution < 1.29 is 19.2 Å². The number of ether oxygens (including phenoxy) is 1. The maximum atomic E-state index is 11.4. The lowest BCUT2D eigenvalue weighted by molar-refractivity contribution is -0.385. The highest BCUT2D eigenvalue weighted by Gasteiger charge is 2.18. The third kappa shape index (κ3) is 3.65. The van der Waals surface area contributed by atoms with E-state index < -0.39 is 16.6 Å². The predicted octanol–water partition coefficient (Wildman–Crippen LogP) is 2.32. The Morgan fingerprint density at radius 3 is 2.78 bits per heavy atom. The van der Waals surface area contributed by atoms with Crippen molar-refractivity contribution in [3.63, 3.8) is 0 Å². The van der Waals surface area contributed by atoms with E-state index in [2.05, 4.69) is 6.92 Å². The summed E-state index contributed by atoms with van der Waals surface area (Å²) in [6.45, 7) is 3.58. The molecule has 0 unspecified atom stereocenters. The smallest absolute Gasteiger partial charge is 0.312 e. The Bertz CT molecular complexity index is 470. The molecule has 1 aromatic carbocycles. The van der Waals surface area contributed by atoms with Crippen molar-refractivity contribution >= 4 is 17.9 Å². The van der Waals surface area contributed by atoms with E-state index in [-0.39, 0.29) is 17.7 Å². The van der Waals surface area contributed by atoms with Crippen LogP contribution in [0.1, 0.15) is 29.6 Å². The Kier molecular flexibility index (Phi) is 4.98. The molecule has 6 heteroatoms. The third-order valence-electron chi connectivity index (χ3n) is 2.17. The van der Waals surface area contributed by atoms with Gasteiger partial charge in [0, 0.05) is 18.1 Å². The van der Waals surface area contributed by atoms with Crippen molar-refractivity contribution in [2.75, 3.05) is 0 Å². The lowest BCUT2D eigenvalue weighted by atomic mass is 10.2. The monoisotopic (exact) mass is 250 g/mol. The molecule has 0 atom stereocenters. The highest BCUT2D eigenvalue weighted by Crippen LogP contribution is 2.27. The standard InChI is InChI=1S/C12H12NO5/c1-2-3-4-12(15)18-11-6-5-9(8-14)7-10(11)13(16)17/h5-8H,1-4H2. The summed E-state index contributed by atoms with van der Waals surface area (Å²) < 4.78 is 4.88. The molecular weight excluding hydrogens is 238 g/mol. The number of carbonyl (C=O) groups excluding carboxylic acids is 2. The van der Waals surface area contributed by atoms with Gasteiger partial charge in [-0.3, -0.25) is 19.7 Å². The summed E-state index contributed by atoms with van der Waals surface area (Å²) in [6, 6.07) is 3.66. The van der Waals surface area contributed by atoms with Gasteiger partial charge in [0.25, 0.3) is 0 Å². The Morgan fingerprint density at radius 2 is 2.22 bits per heavy atom. The topological polar surface area (TPSA) is 86.5 Å². The van der Waals surface area contributed by atoms with Crippen LogP contribution in [0.15, 0.2) is 18.2 Å². The number of nitro benzene ring substituents is 1. The van der Waals surface area contributed by atoms with Gasteiger partial charge in [0.05, 0.1) is 4.92 Å². The quantitative estimate of drug-likeness (QED) is 0.254. The van der Waals surface area contributed by atoms with Gasteiger partial charge < -0.3 is 4.74 Å². The van der Waals surface area contributed by atoms with Crippen molar-refractivity contribution in [3.8, 4) is 5.75 Å². The van der Waals surface area contributed by atoms with Crippen LogP contribution in [-0.2, 0) is 4.79 Å².